The van der Waals surface area contributed by atoms with Crippen LogP contribution in [0, 0.1) is 0 Å². The van der Waals surface area contributed by atoms with Crippen LogP contribution >= 0.6 is 0 Å². The summed E-state index contributed by atoms with van der Waals surface area (Å²) in [6.45, 7) is 7.38. The molecule has 0 atom stereocenters. The maximum atomic E-state index is 13.2. The van der Waals surface area contributed by atoms with Crippen molar-refractivity contribution in [1.82, 2.24) is 28.9 Å². The number of pyridine rings is 1. The normalized spacial score (nSPS) is 11.8. The minimum Gasteiger partial charge on any atom is -0.384 e. The van der Waals surface area contributed by atoms with E-state index in [9.17, 15) is 9.90 Å². The lowest BCUT2D eigenvalue weighted by atomic mass is 10.1. The molecule has 37 heavy (non-hydrogen) atoms. The summed E-state index contributed by atoms with van der Waals surface area (Å²) in [4.78, 5) is 29.1. The van der Waals surface area contributed by atoms with E-state index in [-0.39, 0.29) is 12.1 Å². The van der Waals surface area contributed by atoms with E-state index in [0.29, 0.717) is 28.5 Å². The number of aromatic nitrogens is 6. The van der Waals surface area contributed by atoms with E-state index < -0.39 is 5.60 Å². The maximum absolute atomic E-state index is 13.2. The molecule has 0 amide bonds. The third-order valence-corrected chi connectivity index (χ3v) is 6.27. The summed E-state index contributed by atoms with van der Waals surface area (Å²) in [5.41, 5.74) is 2.42. The highest BCUT2D eigenvalue weighted by molar-refractivity contribution is 5.96. The number of aryl methyl sites for hydroxylation is 1. The third-order valence-electron chi connectivity index (χ3n) is 6.27. The minimum absolute atomic E-state index is 0.253. The second kappa shape index (κ2) is 8.90. The Balaban J connectivity index is 1.67. The molecule has 0 bridgehead atoms. The van der Waals surface area contributed by atoms with Gasteiger partial charge < -0.3 is 19.9 Å². The lowest BCUT2D eigenvalue weighted by Gasteiger charge is -2.18. The van der Waals surface area contributed by atoms with Gasteiger partial charge in [-0.25, -0.2) is 19.3 Å². The first-order chi connectivity index (χ1) is 17.6. The molecule has 190 valence electrons. The zero-order valence-electron chi connectivity index (χ0n) is 21.6. The van der Waals surface area contributed by atoms with Crippen LogP contribution in [-0.2, 0) is 19.2 Å². The number of aliphatic hydroxyl groups is 1. The van der Waals surface area contributed by atoms with Gasteiger partial charge in [-0.05, 0) is 44.2 Å². The molecule has 5 rings (SSSR count). The van der Waals surface area contributed by atoms with Gasteiger partial charge in [0.1, 0.15) is 11.0 Å². The van der Waals surface area contributed by atoms with E-state index in [0.717, 1.165) is 22.3 Å². The highest BCUT2D eigenvalue weighted by atomic mass is 16.3. The molecule has 0 saturated heterocycles. The van der Waals surface area contributed by atoms with Gasteiger partial charge in [0.25, 0.3) is 5.56 Å². The van der Waals surface area contributed by atoms with Gasteiger partial charge in [0, 0.05) is 50.3 Å². The van der Waals surface area contributed by atoms with Crippen LogP contribution in [0.15, 0.2) is 66.2 Å². The Labute approximate surface area is 214 Å². The molecule has 10 nitrogen and oxygen atoms in total. The first kappa shape index (κ1) is 24.3. The van der Waals surface area contributed by atoms with Crippen LogP contribution in [-0.4, -0.2) is 48.1 Å². The van der Waals surface area contributed by atoms with Crippen LogP contribution < -0.4 is 15.8 Å². The molecule has 0 fully saturated rings. The summed E-state index contributed by atoms with van der Waals surface area (Å²) in [6, 6.07) is 11.5. The first-order valence-corrected chi connectivity index (χ1v) is 11.9. The number of fused-ring (bicyclic) bond motifs is 2. The maximum Gasteiger partial charge on any atom is 0.278 e. The third kappa shape index (κ3) is 4.25. The average Bonchev–Trinajstić information content (AvgIpc) is 3.35. The van der Waals surface area contributed by atoms with Gasteiger partial charge in [-0.2, -0.15) is 4.98 Å². The second-order valence-corrected chi connectivity index (χ2v) is 9.73. The molecule has 0 aliphatic heterocycles. The van der Waals surface area contributed by atoms with E-state index >= 15 is 0 Å². The lowest BCUT2D eigenvalue weighted by Crippen LogP contribution is -2.23. The summed E-state index contributed by atoms with van der Waals surface area (Å²) in [7, 11) is 6.01. The van der Waals surface area contributed by atoms with Crippen molar-refractivity contribution in [3.05, 3.63) is 77.5 Å². The monoisotopic (exact) mass is 498 g/mol. The average molecular weight is 499 g/mol. The van der Waals surface area contributed by atoms with Gasteiger partial charge in [0.05, 0.1) is 17.8 Å². The largest absolute Gasteiger partial charge is 0.384 e. The number of hydrogen-bond donors (Lipinski definition) is 2. The van der Waals surface area contributed by atoms with Crippen LogP contribution in [0.25, 0.3) is 27.8 Å². The highest BCUT2D eigenvalue weighted by Crippen LogP contribution is 2.31. The van der Waals surface area contributed by atoms with Crippen molar-refractivity contribution in [1.29, 1.82) is 0 Å². The SMILES string of the molecule is C=CCn1c(=O)c2cnc(Nc3cc(N(C)C)c4ccn(C)c4c3)nc2n1-c1cccc(C(C)(C)O)n1. The molecule has 10 heteroatoms. The van der Waals surface area contributed by atoms with E-state index in [1.807, 2.05) is 39.5 Å². The molecule has 0 spiro atoms. The molecule has 5 aromatic rings. The molecule has 0 aliphatic rings. The van der Waals surface area contributed by atoms with Crippen LogP contribution in [0.1, 0.15) is 19.5 Å². The molecule has 1 aromatic carbocycles. The Morgan fingerprint density at radius 2 is 1.95 bits per heavy atom. The second-order valence-electron chi connectivity index (χ2n) is 9.73. The number of nitrogens with zero attached hydrogens (tertiary/aromatic N) is 7. The van der Waals surface area contributed by atoms with E-state index in [1.54, 1.807) is 42.8 Å². The van der Waals surface area contributed by atoms with Crippen LogP contribution in [0.2, 0.25) is 0 Å². The summed E-state index contributed by atoms with van der Waals surface area (Å²) >= 11 is 0. The number of nitrogens with one attached hydrogen (secondary N) is 1. The number of benzene rings is 1. The Morgan fingerprint density at radius 1 is 1.16 bits per heavy atom. The number of hydrogen-bond acceptors (Lipinski definition) is 7. The summed E-state index contributed by atoms with van der Waals surface area (Å²) < 4.78 is 5.21. The standard InChI is InChI=1S/C27H30N8O2/c1-7-12-34-25(36)19-16-28-26(29-17-14-20(32(4)5)18-11-13-33(6)21(18)15-17)31-24(19)35(34)23-10-8-9-22(30-23)27(2,3)37/h7-11,13-16,37H,1,12H2,2-6H3,(H,28,29,31). The van der Waals surface area contributed by atoms with E-state index in [1.165, 1.54) is 10.9 Å². The van der Waals surface area contributed by atoms with Crippen LogP contribution in [0.3, 0.4) is 0 Å². The number of allylic oxidation sites excluding steroid dienone is 1. The fourth-order valence-corrected chi connectivity index (χ4v) is 4.41. The Bertz CT molecular complexity index is 1700. The molecule has 0 unspecified atom stereocenters. The molecule has 0 saturated carbocycles. The molecule has 4 heterocycles. The predicted octanol–water partition coefficient (Wildman–Crippen LogP) is 3.69. The molecule has 0 radical (unpaired) electrons. The van der Waals surface area contributed by atoms with Crippen molar-refractivity contribution in [3.63, 3.8) is 0 Å². The molecular formula is C27H30N8O2. The topological polar surface area (TPSA) is 106 Å². The Hall–Kier alpha value is -4.44. The molecule has 0 aliphatic carbocycles. The van der Waals surface area contributed by atoms with Gasteiger partial charge in [-0.15, -0.1) is 6.58 Å². The Kier molecular flexibility index (Phi) is 5.83. The summed E-state index contributed by atoms with van der Waals surface area (Å²) in [5.74, 6) is 0.798. The minimum atomic E-state index is -1.15. The zero-order chi connectivity index (χ0) is 26.5. The smallest absolute Gasteiger partial charge is 0.278 e. The van der Waals surface area contributed by atoms with Crippen molar-refractivity contribution in [2.24, 2.45) is 7.05 Å². The Morgan fingerprint density at radius 3 is 2.65 bits per heavy atom. The molecular weight excluding hydrogens is 468 g/mol. The fraction of sp³-hybridized carbons (Fsp3) is 0.259. The quantitative estimate of drug-likeness (QED) is 0.330. The van der Waals surface area contributed by atoms with Crippen molar-refractivity contribution >= 4 is 39.3 Å². The van der Waals surface area contributed by atoms with E-state index in [4.69, 9.17) is 4.98 Å². The molecule has 4 aromatic heterocycles. The summed E-state index contributed by atoms with van der Waals surface area (Å²) in [6.07, 6.45) is 5.19. The number of anilines is 3. The van der Waals surface area contributed by atoms with E-state index in [2.05, 4.69) is 37.4 Å². The zero-order valence-corrected chi connectivity index (χ0v) is 21.6. The lowest BCUT2D eigenvalue weighted by molar-refractivity contribution is 0.0738. The van der Waals surface area contributed by atoms with Crippen LogP contribution in [0.5, 0.6) is 0 Å². The predicted molar refractivity (Wildman–Crippen MR) is 147 cm³/mol. The van der Waals surface area contributed by atoms with Gasteiger partial charge >= 0.3 is 0 Å². The molecule has 2 N–H and O–H groups in total. The van der Waals surface area contributed by atoms with Gasteiger partial charge in [0.15, 0.2) is 11.5 Å². The van der Waals surface area contributed by atoms with Crippen molar-refractivity contribution < 1.29 is 5.11 Å². The number of rotatable bonds is 7. The van der Waals surface area contributed by atoms with Gasteiger partial charge in [0.2, 0.25) is 5.95 Å². The van der Waals surface area contributed by atoms with Crippen molar-refractivity contribution in [2.45, 2.75) is 26.0 Å². The van der Waals surface area contributed by atoms with Gasteiger partial charge in [-0.3, -0.25) is 4.79 Å². The van der Waals surface area contributed by atoms with Crippen molar-refractivity contribution in [2.75, 3.05) is 24.3 Å². The summed E-state index contributed by atoms with van der Waals surface area (Å²) in [5, 5.41) is 15.3. The fourth-order valence-electron chi connectivity index (χ4n) is 4.41. The first-order valence-electron chi connectivity index (χ1n) is 11.9. The van der Waals surface area contributed by atoms with Crippen LogP contribution in [0.4, 0.5) is 17.3 Å². The highest BCUT2D eigenvalue weighted by Gasteiger charge is 2.22. The van der Waals surface area contributed by atoms with Gasteiger partial charge in [-0.1, -0.05) is 12.1 Å². The van der Waals surface area contributed by atoms with Crippen molar-refractivity contribution in [3.8, 4) is 5.82 Å².